The van der Waals surface area contributed by atoms with Gasteiger partial charge >= 0.3 is 0 Å². The highest BCUT2D eigenvalue weighted by molar-refractivity contribution is 7.85. The second-order valence-corrected chi connectivity index (χ2v) is 4.43. The Morgan fingerprint density at radius 3 is 2.77 bits per heavy atom. The van der Waals surface area contributed by atoms with E-state index in [-0.39, 0.29) is 12.4 Å². The summed E-state index contributed by atoms with van der Waals surface area (Å²) in [6.07, 6.45) is 0. The van der Waals surface area contributed by atoms with Crippen molar-refractivity contribution in [2.45, 2.75) is 4.90 Å². The van der Waals surface area contributed by atoms with Gasteiger partial charge in [-0.3, -0.25) is 4.21 Å². The van der Waals surface area contributed by atoms with E-state index in [0.717, 1.165) is 0 Å². The summed E-state index contributed by atoms with van der Waals surface area (Å²) in [6, 6.07) is 4.81. The number of rotatable bonds is 3. The summed E-state index contributed by atoms with van der Waals surface area (Å²) in [6.45, 7) is -0.103. The number of nitrogens with two attached hydrogens (primary N) is 1. The predicted octanol–water partition coefficient (Wildman–Crippen LogP) is 1.02. The van der Waals surface area contributed by atoms with E-state index >= 15 is 0 Å². The minimum absolute atomic E-state index is 0.103. The van der Waals surface area contributed by atoms with Crippen LogP contribution in [0.25, 0.3) is 0 Å². The second-order valence-electron chi connectivity index (χ2n) is 2.46. The van der Waals surface area contributed by atoms with Crippen LogP contribution in [-0.2, 0) is 10.8 Å². The number of anilines is 1. The normalized spacial score (nSPS) is 12.8. The van der Waals surface area contributed by atoms with Crippen molar-refractivity contribution in [3.63, 3.8) is 0 Å². The standard InChI is InChI=1S/C8H10ClNO2S/c9-7-5-6(1-2-8(7)10)13(12)4-3-11/h1-2,5,11H,3-4,10H2. The van der Waals surface area contributed by atoms with Crippen LogP contribution >= 0.6 is 11.6 Å². The highest BCUT2D eigenvalue weighted by atomic mass is 35.5. The average Bonchev–Trinajstić information content (AvgIpc) is 2.10. The van der Waals surface area contributed by atoms with E-state index in [1.54, 1.807) is 18.2 Å². The second kappa shape index (κ2) is 4.60. The first-order chi connectivity index (χ1) is 6.15. The molecule has 1 aromatic carbocycles. The number of aliphatic hydroxyl groups excluding tert-OH is 1. The van der Waals surface area contributed by atoms with Crippen LogP contribution in [0.4, 0.5) is 5.69 Å². The lowest BCUT2D eigenvalue weighted by atomic mass is 10.3. The molecule has 1 rings (SSSR count). The monoisotopic (exact) mass is 219 g/mol. The molecule has 13 heavy (non-hydrogen) atoms. The Bertz CT molecular complexity index is 330. The van der Waals surface area contributed by atoms with Gasteiger partial charge in [0.1, 0.15) is 0 Å². The molecule has 0 saturated heterocycles. The third-order valence-corrected chi connectivity index (χ3v) is 3.17. The van der Waals surface area contributed by atoms with Gasteiger partial charge in [-0.2, -0.15) is 0 Å². The molecule has 0 aromatic heterocycles. The SMILES string of the molecule is Nc1ccc(S(=O)CCO)cc1Cl. The van der Waals surface area contributed by atoms with Crippen LogP contribution in [0.1, 0.15) is 0 Å². The predicted molar refractivity (Wildman–Crippen MR) is 54.2 cm³/mol. The fourth-order valence-electron chi connectivity index (χ4n) is 0.850. The van der Waals surface area contributed by atoms with E-state index in [9.17, 15) is 4.21 Å². The van der Waals surface area contributed by atoms with Crippen molar-refractivity contribution in [2.75, 3.05) is 18.1 Å². The van der Waals surface area contributed by atoms with Gasteiger partial charge in [-0.05, 0) is 18.2 Å². The smallest absolute Gasteiger partial charge is 0.0647 e. The molecule has 0 spiro atoms. The number of halogens is 1. The molecular weight excluding hydrogens is 210 g/mol. The molecule has 5 heteroatoms. The molecule has 3 N–H and O–H groups in total. The minimum atomic E-state index is -1.19. The number of hydrogen-bond acceptors (Lipinski definition) is 3. The Balaban J connectivity index is 2.90. The lowest BCUT2D eigenvalue weighted by molar-refractivity contribution is 0.321. The van der Waals surface area contributed by atoms with Crippen molar-refractivity contribution in [3.8, 4) is 0 Å². The first-order valence-electron chi connectivity index (χ1n) is 3.69. The van der Waals surface area contributed by atoms with Gasteiger partial charge in [0.05, 0.1) is 33.9 Å². The highest BCUT2D eigenvalue weighted by Gasteiger charge is 2.04. The van der Waals surface area contributed by atoms with Gasteiger partial charge in [-0.1, -0.05) is 11.6 Å². The molecule has 1 unspecified atom stereocenters. The van der Waals surface area contributed by atoms with E-state index in [2.05, 4.69) is 0 Å². The Morgan fingerprint density at radius 1 is 1.54 bits per heavy atom. The first kappa shape index (κ1) is 10.5. The van der Waals surface area contributed by atoms with Gasteiger partial charge in [-0.15, -0.1) is 0 Å². The summed E-state index contributed by atoms with van der Waals surface area (Å²) < 4.78 is 11.4. The molecular formula is C8H10ClNO2S. The summed E-state index contributed by atoms with van der Waals surface area (Å²) in [4.78, 5) is 0.591. The molecule has 72 valence electrons. The zero-order valence-corrected chi connectivity index (χ0v) is 8.44. The Labute approximate surface area is 84.0 Å². The maximum Gasteiger partial charge on any atom is 0.0647 e. The number of benzene rings is 1. The van der Waals surface area contributed by atoms with Gasteiger partial charge in [-0.25, -0.2) is 0 Å². The van der Waals surface area contributed by atoms with Crippen molar-refractivity contribution in [1.82, 2.24) is 0 Å². The molecule has 0 aliphatic carbocycles. The van der Waals surface area contributed by atoms with Gasteiger partial charge in [0, 0.05) is 4.90 Å². The number of aliphatic hydroxyl groups is 1. The van der Waals surface area contributed by atoms with Crippen LogP contribution in [0.15, 0.2) is 23.1 Å². The summed E-state index contributed by atoms with van der Waals surface area (Å²) in [7, 11) is -1.19. The van der Waals surface area contributed by atoms with E-state index in [0.29, 0.717) is 15.6 Å². The maximum absolute atomic E-state index is 11.4. The van der Waals surface area contributed by atoms with Gasteiger partial charge in [0.2, 0.25) is 0 Å². The molecule has 0 aliphatic rings. The fourth-order valence-corrected chi connectivity index (χ4v) is 1.97. The average molecular weight is 220 g/mol. The van der Waals surface area contributed by atoms with Gasteiger partial charge < -0.3 is 10.8 Å². The minimum Gasteiger partial charge on any atom is -0.398 e. The van der Waals surface area contributed by atoms with Gasteiger partial charge in [0.25, 0.3) is 0 Å². The Kier molecular flexibility index (Phi) is 3.71. The summed E-state index contributed by atoms with van der Waals surface area (Å²) in [5, 5.41) is 8.96. The number of nitrogen functional groups attached to an aromatic ring is 1. The van der Waals surface area contributed by atoms with Crippen molar-refractivity contribution >= 4 is 28.1 Å². The van der Waals surface area contributed by atoms with Crippen LogP contribution in [0.5, 0.6) is 0 Å². The van der Waals surface area contributed by atoms with Crippen LogP contribution in [0.3, 0.4) is 0 Å². The molecule has 0 saturated carbocycles. The molecule has 0 aliphatic heterocycles. The van der Waals surface area contributed by atoms with E-state index < -0.39 is 10.8 Å². The topological polar surface area (TPSA) is 63.3 Å². The van der Waals surface area contributed by atoms with Crippen LogP contribution < -0.4 is 5.73 Å². The third-order valence-electron chi connectivity index (χ3n) is 1.51. The largest absolute Gasteiger partial charge is 0.398 e. The zero-order valence-electron chi connectivity index (χ0n) is 6.87. The highest BCUT2D eigenvalue weighted by Crippen LogP contribution is 2.21. The molecule has 1 atom stereocenters. The summed E-state index contributed by atoms with van der Waals surface area (Å²) in [5.41, 5.74) is 5.95. The molecule has 0 amide bonds. The summed E-state index contributed by atoms with van der Waals surface area (Å²) >= 11 is 5.74. The van der Waals surface area contributed by atoms with Crippen molar-refractivity contribution < 1.29 is 9.32 Å². The first-order valence-corrected chi connectivity index (χ1v) is 5.39. The fraction of sp³-hybridized carbons (Fsp3) is 0.250. The maximum atomic E-state index is 11.4. The van der Waals surface area contributed by atoms with E-state index in [1.807, 2.05) is 0 Å². The molecule has 3 nitrogen and oxygen atoms in total. The quantitative estimate of drug-likeness (QED) is 0.747. The summed E-state index contributed by atoms with van der Waals surface area (Å²) in [5.74, 6) is 0.222. The van der Waals surface area contributed by atoms with Crippen molar-refractivity contribution in [1.29, 1.82) is 0 Å². The third kappa shape index (κ3) is 2.69. The lowest BCUT2D eigenvalue weighted by Gasteiger charge is -2.02. The van der Waals surface area contributed by atoms with Crippen molar-refractivity contribution in [3.05, 3.63) is 23.2 Å². The zero-order chi connectivity index (χ0) is 9.84. The molecule has 1 aromatic rings. The molecule has 0 radical (unpaired) electrons. The van der Waals surface area contributed by atoms with Crippen LogP contribution in [0, 0.1) is 0 Å². The van der Waals surface area contributed by atoms with Crippen LogP contribution in [0.2, 0.25) is 5.02 Å². The Morgan fingerprint density at radius 2 is 2.23 bits per heavy atom. The van der Waals surface area contributed by atoms with E-state index in [1.165, 1.54) is 0 Å². The lowest BCUT2D eigenvalue weighted by Crippen LogP contribution is -2.02. The van der Waals surface area contributed by atoms with E-state index in [4.69, 9.17) is 22.4 Å². The molecule has 0 bridgehead atoms. The van der Waals surface area contributed by atoms with Crippen molar-refractivity contribution in [2.24, 2.45) is 0 Å². The molecule has 0 fully saturated rings. The molecule has 0 heterocycles. The van der Waals surface area contributed by atoms with Crippen LogP contribution in [-0.4, -0.2) is 21.7 Å². The van der Waals surface area contributed by atoms with Gasteiger partial charge in [0.15, 0.2) is 0 Å². The Hall–Kier alpha value is -0.580. The number of hydrogen-bond donors (Lipinski definition) is 2.